The maximum Gasteiger partial charge on any atom is 0.267 e. The highest BCUT2D eigenvalue weighted by Crippen LogP contribution is 2.35. The molecule has 0 unspecified atom stereocenters. The van der Waals surface area contributed by atoms with E-state index < -0.39 is 11.4 Å². The summed E-state index contributed by atoms with van der Waals surface area (Å²) in [6.07, 6.45) is 3.99. The van der Waals surface area contributed by atoms with Gasteiger partial charge in [-0.1, -0.05) is 30.0 Å². The molecule has 1 aromatic heterocycles. The maximum atomic E-state index is 13.8. The first-order valence-corrected chi connectivity index (χ1v) is 13.2. The van der Waals surface area contributed by atoms with Crippen LogP contribution in [0, 0.1) is 0 Å². The number of amides is 2. The second-order valence-corrected chi connectivity index (χ2v) is 10.4. The van der Waals surface area contributed by atoms with E-state index in [1.165, 1.54) is 23.5 Å². The topological polar surface area (TPSA) is 106 Å². The number of para-hydroxylation sites is 1. The number of rotatable bonds is 5. The van der Waals surface area contributed by atoms with Crippen molar-refractivity contribution < 1.29 is 14.3 Å². The van der Waals surface area contributed by atoms with Gasteiger partial charge in [0.25, 0.3) is 11.5 Å². The first kappa shape index (κ1) is 23.9. The Morgan fingerprint density at radius 1 is 1.17 bits per heavy atom. The lowest BCUT2D eigenvalue weighted by molar-refractivity contribution is -0.140. The molecule has 0 aliphatic carbocycles. The van der Waals surface area contributed by atoms with Crippen molar-refractivity contribution in [3.63, 3.8) is 0 Å². The van der Waals surface area contributed by atoms with E-state index >= 15 is 0 Å². The lowest BCUT2D eigenvalue weighted by atomic mass is 9.84. The van der Waals surface area contributed by atoms with Gasteiger partial charge in [-0.05, 0) is 56.3 Å². The average Bonchev–Trinajstić information content (AvgIpc) is 3.39. The number of ether oxygens (including phenoxy) is 1. The Hall–Kier alpha value is -2.85. The summed E-state index contributed by atoms with van der Waals surface area (Å²) in [5.74, 6) is 1.40. The number of carbonyl (C=O) groups excluding carboxylic acids is 2. The number of nitrogens with zero attached hydrogens (tertiary/aromatic N) is 3. The number of nitrogens with one attached hydrogen (secondary N) is 2. The second-order valence-electron chi connectivity index (χ2n) is 9.35. The Bertz CT molecular complexity index is 1170. The van der Waals surface area contributed by atoms with Crippen molar-refractivity contribution in [2.75, 3.05) is 39.0 Å². The van der Waals surface area contributed by atoms with Gasteiger partial charge in [-0.25, -0.2) is 4.98 Å². The van der Waals surface area contributed by atoms with Gasteiger partial charge in [0.05, 0.1) is 7.11 Å². The lowest BCUT2D eigenvalue weighted by Gasteiger charge is -2.42. The number of methoxy groups -OCH3 is 1. The zero-order valence-corrected chi connectivity index (χ0v) is 20.7. The second kappa shape index (κ2) is 10.0. The number of benzene rings is 1. The maximum absolute atomic E-state index is 13.8. The van der Waals surface area contributed by atoms with Crippen LogP contribution in [-0.4, -0.2) is 70.8 Å². The van der Waals surface area contributed by atoms with Gasteiger partial charge in [0.15, 0.2) is 5.16 Å². The third-order valence-corrected chi connectivity index (χ3v) is 8.35. The molecule has 10 heteroatoms. The molecule has 3 aliphatic rings. The van der Waals surface area contributed by atoms with E-state index in [0.29, 0.717) is 56.6 Å². The molecule has 35 heavy (non-hydrogen) atoms. The zero-order valence-electron chi connectivity index (χ0n) is 19.9. The number of carbonyl (C=O) groups is 2. The molecule has 9 nitrogen and oxygen atoms in total. The van der Waals surface area contributed by atoms with Gasteiger partial charge in [-0.15, -0.1) is 0 Å². The highest BCUT2D eigenvalue weighted by atomic mass is 32.2. The highest BCUT2D eigenvalue weighted by Gasteiger charge is 2.44. The third kappa shape index (κ3) is 4.56. The summed E-state index contributed by atoms with van der Waals surface area (Å²) in [7, 11) is 1.68. The average molecular weight is 498 g/mol. The molecule has 2 amide bonds. The molecule has 2 fully saturated rings. The Kier molecular flexibility index (Phi) is 6.84. The first-order chi connectivity index (χ1) is 17.0. The molecule has 4 heterocycles. The SMILES string of the molecule is COc1ccccc1C1CCN(C(=O)C2(NC(=O)c3cnc4n(c3=O)CCS4)CCNCC2)CC1. The summed E-state index contributed by atoms with van der Waals surface area (Å²) in [5.41, 5.74) is -0.192. The van der Waals surface area contributed by atoms with E-state index in [0.717, 1.165) is 24.3 Å². The van der Waals surface area contributed by atoms with Crippen molar-refractivity contribution in [1.29, 1.82) is 0 Å². The molecular formula is C25H31N5O4S. The quantitative estimate of drug-likeness (QED) is 0.605. The zero-order chi connectivity index (χ0) is 24.4. The van der Waals surface area contributed by atoms with Crippen LogP contribution < -0.4 is 20.9 Å². The van der Waals surface area contributed by atoms with Crippen LogP contribution in [0.15, 0.2) is 40.4 Å². The van der Waals surface area contributed by atoms with Gasteiger partial charge in [-0.3, -0.25) is 19.0 Å². The van der Waals surface area contributed by atoms with Crippen LogP contribution in [0.25, 0.3) is 0 Å². The minimum absolute atomic E-state index is 0.00293. The third-order valence-electron chi connectivity index (χ3n) is 7.38. The van der Waals surface area contributed by atoms with E-state index in [1.807, 2.05) is 23.1 Å². The summed E-state index contributed by atoms with van der Waals surface area (Å²) < 4.78 is 7.08. The van der Waals surface area contributed by atoms with Crippen molar-refractivity contribution in [3.05, 3.63) is 51.9 Å². The normalized spacial score (nSPS) is 19.7. The molecule has 2 N–H and O–H groups in total. The fraction of sp³-hybridized carbons (Fsp3) is 0.520. The first-order valence-electron chi connectivity index (χ1n) is 12.2. The summed E-state index contributed by atoms with van der Waals surface area (Å²) >= 11 is 1.51. The molecule has 5 rings (SSSR count). The number of hydrogen-bond donors (Lipinski definition) is 2. The van der Waals surface area contributed by atoms with E-state index in [-0.39, 0.29) is 17.0 Å². The molecule has 0 bridgehead atoms. The van der Waals surface area contributed by atoms with Gasteiger partial charge >= 0.3 is 0 Å². The monoisotopic (exact) mass is 497 g/mol. The standard InChI is InChI=1S/C25H31N5O4S/c1-34-20-5-3-2-4-18(20)17-6-12-29(13-7-17)23(33)25(8-10-26-11-9-25)28-21(31)19-16-27-24-30(22(19)32)14-15-35-24/h2-5,16-17,26H,6-15H2,1H3,(H,28,31). The Morgan fingerprint density at radius 3 is 2.66 bits per heavy atom. The van der Waals surface area contributed by atoms with Gasteiger partial charge in [0.2, 0.25) is 5.91 Å². The Balaban J connectivity index is 1.32. The Labute approximate surface area is 208 Å². The predicted molar refractivity (Wildman–Crippen MR) is 133 cm³/mol. The van der Waals surface area contributed by atoms with Crippen LogP contribution in [0.1, 0.15) is 47.5 Å². The van der Waals surface area contributed by atoms with Crippen LogP contribution in [0.2, 0.25) is 0 Å². The van der Waals surface area contributed by atoms with Gasteiger partial charge in [0.1, 0.15) is 16.9 Å². The van der Waals surface area contributed by atoms with E-state index in [1.54, 1.807) is 11.7 Å². The molecule has 186 valence electrons. The van der Waals surface area contributed by atoms with Crippen molar-refractivity contribution in [2.24, 2.45) is 0 Å². The van der Waals surface area contributed by atoms with Crippen molar-refractivity contribution in [1.82, 2.24) is 25.1 Å². The molecule has 2 saturated heterocycles. The number of hydrogen-bond acceptors (Lipinski definition) is 7. The minimum atomic E-state index is -1.02. The van der Waals surface area contributed by atoms with Crippen LogP contribution in [0.3, 0.4) is 0 Å². The summed E-state index contributed by atoms with van der Waals surface area (Å²) in [6, 6.07) is 8.05. The number of thioether (sulfide) groups is 1. The fourth-order valence-corrected chi connectivity index (χ4v) is 6.32. The minimum Gasteiger partial charge on any atom is -0.496 e. The van der Waals surface area contributed by atoms with Crippen molar-refractivity contribution in [3.8, 4) is 5.75 Å². The molecule has 1 aromatic carbocycles. The van der Waals surface area contributed by atoms with Crippen molar-refractivity contribution >= 4 is 23.6 Å². The van der Waals surface area contributed by atoms with E-state index in [2.05, 4.69) is 21.7 Å². The van der Waals surface area contributed by atoms with E-state index in [9.17, 15) is 14.4 Å². The molecule has 0 atom stereocenters. The van der Waals surface area contributed by atoms with Crippen LogP contribution in [-0.2, 0) is 11.3 Å². The molecule has 0 spiro atoms. The Morgan fingerprint density at radius 2 is 1.91 bits per heavy atom. The number of likely N-dealkylation sites (tertiary alicyclic amines) is 1. The summed E-state index contributed by atoms with van der Waals surface area (Å²) in [4.78, 5) is 46.1. The number of fused-ring (bicyclic) bond motifs is 1. The lowest BCUT2D eigenvalue weighted by Crippen LogP contribution is -2.64. The molecular weight excluding hydrogens is 466 g/mol. The van der Waals surface area contributed by atoms with Crippen LogP contribution in [0.4, 0.5) is 0 Å². The number of aromatic nitrogens is 2. The molecule has 0 radical (unpaired) electrons. The fourth-order valence-electron chi connectivity index (χ4n) is 5.40. The summed E-state index contributed by atoms with van der Waals surface area (Å²) in [6.45, 7) is 3.03. The summed E-state index contributed by atoms with van der Waals surface area (Å²) in [5, 5.41) is 6.90. The van der Waals surface area contributed by atoms with E-state index in [4.69, 9.17) is 4.74 Å². The number of piperidine rings is 2. The highest BCUT2D eigenvalue weighted by molar-refractivity contribution is 7.99. The van der Waals surface area contributed by atoms with Crippen LogP contribution in [0.5, 0.6) is 5.75 Å². The molecule has 3 aliphatic heterocycles. The van der Waals surface area contributed by atoms with Gasteiger partial charge in [-0.2, -0.15) is 0 Å². The molecule has 2 aromatic rings. The van der Waals surface area contributed by atoms with Gasteiger partial charge in [0, 0.05) is 31.6 Å². The van der Waals surface area contributed by atoms with Gasteiger partial charge < -0.3 is 20.3 Å². The van der Waals surface area contributed by atoms with Crippen LogP contribution >= 0.6 is 11.8 Å². The van der Waals surface area contributed by atoms with Crippen molar-refractivity contribution in [2.45, 2.75) is 48.8 Å². The smallest absolute Gasteiger partial charge is 0.267 e. The largest absolute Gasteiger partial charge is 0.496 e. The molecule has 0 saturated carbocycles. The predicted octanol–water partition coefficient (Wildman–Crippen LogP) is 1.62.